The topological polar surface area (TPSA) is 127 Å². The van der Waals surface area contributed by atoms with Crippen molar-refractivity contribution >= 4 is 52.2 Å². The number of thioether (sulfide) groups is 1. The van der Waals surface area contributed by atoms with E-state index in [0.29, 0.717) is 44.1 Å². The minimum atomic E-state index is -0.732. The minimum absolute atomic E-state index is 0.257. The number of hydrogen-bond donors (Lipinski definition) is 2. The molecule has 1 saturated heterocycles. The van der Waals surface area contributed by atoms with E-state index in [9.17, 15) is 19.2 Å². The van der Waals surface area contributed by atoms with Gasteiger partial charge in [-0.3, -0.25) is 19.2 Å². The smallest absolute Gasteiger partial charge is 0.305 e. The summed E-state index contributed by atoms with van der Waals surface area (Å²) in [4.78, 5) is 57.0. The molecule has 0 saturated carbocycles. The Labute approximate surface area is 255 Å². The molecule has 10 nitrogen and oxygen atoms in total. The van der Waals surface area contributed by atoms with Crippen LogP contribution in [0.2, 0.25) is 0 Å². The molecule has 12 heteroatoms. The first-order valence-electron chi connectivity index (χ1n) is 13.4. The van der Waals surface area contributed by atoms with Crippen molar-refractivity contribution in [1.82, 2.24) is 4.98 Å². The van der Waals surface area contributed by atoms with Crippen molar-refractivity contribution < 1.29 is 28.6 Å². The van der Waals surface area contributed by atoms with Crippen LogP contribution in [0.1, 0.15) is 21.9 Å². The number of aryl methyl sites for hydroxylation is 1. The molecule has 2 aliphatic rings. The van der Waals surface area contributed by atoms with E-state index in [-0.39, 0.29) is 29.2 Å². The second kappa shape index (κ2) is 11.6. The molecule has 1 fully saturated rings. The van der Waals surface area contributed by atoms with E-state index in [1.807, 2.05) is 19.1 Å². The molecule has 3 amide bonds. The summed E-state index contributed by atoms with van der Waals surface area (Å²) in [5.74, 6) is -0.956. The maximum Gasteiger partial charge on any atom is 0.305 e. The van der Waals surface area contributed by atoms with Gasteiger partial charge in [0.1, 0.15) is 11.0 Å². The highest BCUT2D eigenvalue weighted by atomic mass is 32.2. The summed E-state index contributed by atoms with van der Waals surface area (Å²) < 4.78 is 16.5. The van der Waals surface area contributed by atoms with E-state index in [2.05, 4.69) is 10.3 Å². The average Bonchev–Trinajstić information content (AvgIpc) is 3.50. The number of fused-ring (bicyclic) bond motifs is 2. The normalized spacial score (nSPS) is 19.0. The van der Waals surface area contributed by atoms with Gasteiger partial charge in [0.25, 0.3) is 5.91 Å². The van der Waals surface area contributed by atoms with Crippen LogP contribution < -0.4 is 29.3 Å². The summed E-state index contributed by atoms with van der Waals surface area (Å²) in [7, 11) is 3.04. The highest BCUT2D eigenvalue weighted by molar-refractivity contribution is 8.00. The van der Waals surface area contributed by atoms with E-state index in [1.165, 1.54) is 23.8 Å². The number of carbonyl (C=O) groups is 3. The van der Waals surface area contributed by atoms with Gasteiger partial charge >= 0.3 is 4.87 Å². The number of nitrogens with one attached hydrogen (secondary N) is 2. The van der Waals surface area contributed by atoms with E-state index < -0.39 is 17.1 Å². The molecular weight excluding hydrogens is 590 g/mol. The van der Waals surface area contributed by atoms with Crippen LogP contribution in [0.25, 0.3) is 0 Å². The fraction of sp³-hybridized carbons (Fsp3) is 0.226. The fourth-order valence-electron chi connectivity index (χ4n) is 5.34. The number of imide groups is 1. The molecule has 43 heavy (non-hydrogen) atoms. The monoisotopic (exact) mass is 617 g/mol. The quantitative estimate of drug-likeness (QED) is 0.275. The fourth-order valence-corrected chi connectivity index (χ4v) is 7.85. The molecule has 0 aliphatic carbocycles. The molecule has 2 unspecified atom stereocenters. The average molecular weight is 618 g/mol. The number of rotatable bonds is 8. The number of H-pyrrole nitrogens is 1. The predicted octanol–water partition coefficient (Wildman–Crippen LogP) is 4.58. The first-order chi connectivity index (χ1) is 20.8. The Hall–Kier alpha value is -4.55. The van der Waals surface area contributed by atoms with Crippen molar-refractivity contribution in [3.63, 3.8) is 0 Å². The molecule has 4 aromatic rings. The van der Waals surface area contributed by atoms with Crippen molar-refractivity contribution in [2.45, 2.75) is 23.1 Å². The highest BCUT2D eigenvalue weighted by Gasteiger charge is 2.56. The third kappa shape index (κ3) is 5.39. The second-order valence-electron chi connectivity index (χ2n) is 10.1. The van der Waals surface area contributed by atoms with Crippen LogP contribution in [-0.2, 0) is 14.4 Å². The van der Waals surface area contributed by atoms with Gasteiger partial charge in [0.2, 0.25) is 11.8 Å². The Kier molecular flexibility index (Phi) is 7.72. The van der Waals surface area contributed by atoms with E-state index in [4.69, 9.17) is 14.2 Å². The third-order valence-corrected chi connectivity index (χ3v) is 9.80. The van der Waals surface area contributed by atoms with Gasteiger partial charge in [0.05, 0.1) is 30.9 Å². The lowest BCUT2D eigenvalue weighted by atomic mass is 9.83. The molecular formula is C31H27N3O7S2. The zero-order valence-electron chi connectivity index (χ0n) is 23.4. The van der Waals surface area contributed by atoms with E-state index in [1.54, 1.807) is 61.7 Å². The van der Waals surface area contributed by atoms with Gasteiger partial charge in [-0.1, -0.05) is 46.9 Å². The maximum atomic E-state index is 13.9. The summed E-state index contributed by atoms with van der Waals surface area (Å²) >= 11 is 2.26. The molecule has 0 radical (unpaired) electrons. The van der Waals surface area contributed by atoms with Crippen molar-refractivity contribution in [3.05, 3.63) is 92.4 Å². The Bertz CT molecular complexity index is 1770. The molecule has 2 aliphatic heterocycles. The number of carbonyl (C=O) groups excluding carboxylic acids is 3. The third-order valence-electron chi connectivity index (χ3n) is 7.40. The number of aromatic amines is 1. The van der Waals surface area contributed by atoms with Crippen LogP contribution in [0.4, 0.5) is 11.4 Å². The van der Waals surface area contributed by atoms with Gasteiger partial charge < -0.3 is 24.5 Å². The Balaban J connectivity index is 1.27. The van der Waals surface area contributed by atoms with Crippen LogP contribution >= 0.6 is 23.1 Å². The molecule has 0 spiro atoms. The molecule has 1 aromatic heterocycles. The van der Waals surface area contributed by atoms with Crippen molar-refractivity contribution in [1.29, 1.82) is 0 Å². The van der Waals surface area contributed by atoms with Crippen molar-refractivity contribution in [2.24, 2.45) is 5.92 Å². The molecule has 2 N–H and O–H groups in total. The molecule has 3 atom stereocenters. The predicted molar refractivity (Wildman–Crippen MR) is 164 cm³/mol. The second-order valence-corrected chi connectivity index (χ2v) is 12.2. The van der Waals surface area contributed by atoms with Crippen molar-refractivity contribution in [3.8, 4) is 17.2 Å². The van der Waals surface area contributed by atoms with Gasteiger partial charge in [0.15, 0.2) is 18.1 Å². The number of ether oxygens (including phenoxy) is 3. The Morgan fingerprint density at radius 1 is 0.930 bits per heavy atom. The van der Waals surface area contributed by atoms with E-state index in [0.717, 1.165) is 16.9 Å². The Morgan fingerprint density at radius 3 is 2.37 bits per heavy atom. The number of nitrogens with zero attached hydrogens (tertiary/aromatic N) is 1. The molecule has 0 bridgehead atoms. The number of thiazole rings is 1. The van der Waals surface area contributed by atoms with Crippen LogP contribution in [0.5, 0.6) is 17.2 Å². The SMILES string of the molecule is COc1ccc(NC(=O)COc2ccc([C@H]3c4sc(=O)[nH]c4SC4C(=O)N(c5ccc(C)cc5)C(=O)C43)cc2OC)cc1. The molecule has 3 aromatic carbocycles. The van der Waals surface area contributed by atoms with Gasteiger partial charge in [-0.25, -0.2) is 4.90 Å². The number of amides is 3. The van der Waals surface area contributed by atoms with Crippen LogP contribution in [0, 0.1) is 12.8 Å². The minimum Gasteiger partial charge on any atom is -0.497 e. The summed E-state index contributed by atoms with van der Waals surface area (Å²) in [6.07, 6.45) is 0. The van der Waals surface area contributed by atoms with Crippen molar-refractivity contribution in [2.75, 3.05) is 31.0 Å². The summed E-state index contributed by atoms with van der Waals surface area (Å²) in [5.41, 5.74) is 2.81. The van der Waals surface area contributed by atoms with Gasteiger partial charge in [-0.15, -0.1) is 0 Å². The number of hydrogen-bond acceptors (Lipinski definition) is 9. The van der Waals surface area contributed by atoms with Crippen LogP contribution in [0.15, 0.2) is 76.6 Å². The number of anilines is 2. The maximum absolute atomic E-state index is 13.9. The molecule has 6 rings (SSSR count). The lowest BCUT2D eigenvalue weighted by Crippen LogP contribution is -2.32. The van der Waals surface area contributed by atoms with Gasteiger partial charge in [-0.2, -0.15) is 0 Å². The standard InChI is InChI=1S/C31H27N3O7S2/c1-16-4-9-19(10-5-16)34-29(36)25-24(26-28(33-31(38)43-26)42-27(25)30(34)37)17-6-13-21(22(14-17)40-3)41-15-23(35)32-18-7-11-20(39-2)12-8-18/h4-14,24-25,27H,15H2,1-3H3,(H,32,35)(H,33,38)/t24-,25?,27?/m1/s1. The number of benzene rings is 3. The number of methoxy groups -OCH3 is 2. The highest BCUT2D eigenvalue weighted by Crippen LogP contribution is 2.53. The van der Waals surface area contributed by atoms with Crippen LogP contribution in [0.3, 0.4) is 0 Å². The summed E-state index contributed by atoms with van der Waals surface area (Å²) in [6.45, 7) is 1.67. The van der Waals surface area contributed by atoms with E-state index >= 15 is 0 Å². The van der Waals surface area contributed by atoms with Crippen LogP contribution in [-0.4, -0.2) is 48.8 Å². The molecule has 220 valence electrons. The largest absolute Gasteiger partial charge is 0.497 e. The number of aromatic nitrogens is 1. The first-order valence-corrected chi connectivity index (χ1v) is 15.1. The zero-order chi connectivity index (χ0) is 30.2. The summed E-state index contributed by atoms with van der Waals surface area (Å²) in [6, 6.07) is 19.3. The lowest BCUT2D eigenvalue weighted by Gasteiger charge is -2.30. The Morgan fingerprint density at radius 2 is 1.67 bits per heavy atom. The first kappa shape index (κ1) is 28.6. The molecule has 3 heterocycles. The van der Waals surface area contributed by atoms with Gasteiger partial charge in [-0.05, 0) is 61.0 Å². The van der Waals surface area contributed by atoms with Gasteiger partial charge in [0, 0.05) is 16.5 Å². The summed E-state index contributed by atoms with van der Waals surface area (Å²) in [5, 5.41) is 2.64. The zero-order valence-corrected chi connectivity index (χ0v) is 25.0. The lowest BCUT2D eigenvalue weighted by molar-refractivity contribution is -0.122.